The molecule has 3 aromatic carbocycles. The number of aromatic amines is 1. The predicted molar refractivity (Wildman–Crippen MR) is 128 cm³/mol. The van der Waals surface area contributed by atoms with Crippen molar-refractivity contribution >= 4 is 38.2 Å². The van der Waals surface area contributed by atoms with Gasteiger partial charge in [0.05, 0.1) is 19.3 Å². The van der Waals surface area contributed by atoms with E-state index in [1.165, 1.54) is 19.2 Å². The van der Waals surface area contributed by atoms with Gasteiger partial charge in [-0.2, -0.15) is 0 Å². The Hall–Kier alpha value is -3.98. The minimum Gasteiger partial charge on any atom is -0.495 e. The molecule has 0 fully saturated rings. The third-order valence-corrected chi connectivity index (χ3v) is 6.36. The number of rotatable bonds is 8. The lowest BCUT2D eigenvalue weighted by Crippen LogP contribution is -2.16. The van der Waals surface area contributed by atoms with Crippen LogP contribution in [0.25, 0.3) is 10.9 Å². The topological polar surface area (TPSA) is 110 Å². The molecule has 0 saturated heterocycles. The standard InChI is InChI=1S/C24H23N3O5S/c1-3-32-18-11-8-16(9-12-18)27-33(29,30)23-14-17(10-13-22(23)31-2)26-24(28)20-15-25-21-7-5-4-6-19(20)21/h4-15,25,27H,3H2,1-2H3,(H,26,28). The van der Waals surface area contributed by atoms with Gasteiger partial charge in [0.25, 0.3) is 15.9 Å². The Kier molecular flexibility index (Phi) is 6.23. The molecule has 0 radical (unpaired) electrons. The lowest BCUT2D eigenvalue weighted by atomic mass is 10.1. The van der Waals surface area contributed by atoms with Crippen molar-refractivity contribution < 1.29 is 22.7 Å². The van der Waals surface area contributed by atoms with E-state index >= 15 is 0 Å². The summed E-state index contributed by atoms with van der Waals surface area (Å²) in [7, 11) is -2.62. The van der Waals surface area contributed by atoms with Crippen molar-refractivity contribution in [2.24, 2.45) is 0 Å². The molecule has 9 heteroatoms. The highest BCUT2D eigenvalue weighted by Crippen LogP contribution is 2.30. The first-order valence-electron chi connectivity index (χ1n) is 10.2. The number of benzene rings is 3. The average molecular weight is 466 g/mol. The van der Waals surface area contributed by atoms with E-state index in [2.05, 4.69) is 15.0 Å². The number of carbonyl (C=O) groups excluding carboxylic acids is 1. The van der Waals surface area contributed by atoms with Gasteiger partial charge in [-0.05, 0) is 55.5 Å². The fourth-order valence-electron chi connectivity index (χ4n) is 3.42. The number of ether oxygens (including phenoxy) is 2. The van der Waals surface area contributed by atoms with Gasteiger partial charge in [0.2, 0.25) is 0 Å². The number of H-pyrrole nitrogens is 1. The molecular formula is C24H23N3O5S. The van der Waals surface area contributed by atoms with E-state index in [9.17, 15) is 13.2 Å². The van der Waals surface area contributed by atoms with Crippen LogP contribution in [0.3, 0.4) is 0 Å². The van der Waals surface area contributed by atoms with Crippen molar-refractivity contribution in [2.45, 2.75) is 11.8 Å². The molecule has 4 aromatic rings. The first-order chi connectivity index (χ1) is 15.9. The Morgan fingerprint density at radius 3 is 2.45 bits per heavy atom. The van der Waals surface area contributed by atoms with Crippen molar-refractivity contribution in [3.8, 4) is 11.5 Å². The Labute approximate surface area is 191 Å². The van der Waals surface area contributed by atoms with E-state index in [0.717, 1.165) is 10.9 Å². The molecule has 1 aromatic heterocycles. The van der Waals surface area contributed by atoms with Gasteiger partial charge in [-0.3, -0.25) is 9.52 Å². The summed E-state index contributed by atoms with van der Waals surface area (Å²) < 4.78 is 39.4. The third-order valence-electron chi connectivity index (χ3n) is 4.96. The average Bonchev–Trinajstić information content (AvgIpc) is 3.25. The second-order valence-electron chi connectivity index (χ2n) is 7.13. The maximum atomic E-state index is 13.1. The maximum Gasteiger partial charge on any atom is 0.265 e. The predicted octanol–water partition coefficient (Wildman–Crippen LogP) is 4.63. The van der Waals surface area contributed by atoms with Crippen LogP contribution < -0.4 is 19.5 Å². The lowest BCUT2D eigenvalue weighted by molar-refractivity contribution is 0.102. The summed E-state index contributed by atoms with van der Waals surface area (Å²) in [6, 6.07) is 18.4. The number of fused-ring (bicyclic) bond motifs is 1. The van der Waals surface area contributed by atoms with Crippen molar-refractivity contribution in [1.29, 1.82) is 0 Å². The third kappa shape index (κ3) is 4.78. The molecule has 0 unspecified atom stereocenters. The summed E-state index contributed by atoms with van der Waals surface area (Å²) in [5.74, 6) is 0.430. The Bertz CT molecular complexity index is 1400. The summed E-state index contributed by atoms with van der Waals surface area (Å²) in [6.45, 7) is 2.38. The zero-order valence-electron chi connectivity index (χ0n) is 18.1. The SMILES string of the molecule is CCOc1ccc(NS(=O)(=O)c2cc(NC(=O)c3c[nH]c4ccccc34)ccc2OC)cc1. The fraction of sp³-hybridized carbons (Fsp3) is 0.125. The van der Waals surface area contributed by atoms with Gasteiger partial charge in [-0.1, -0.05) is 18.2 Å². The molecule has 1 amide bonds. The van der Waals surface area contributed by atoms with Crippen LogP contribution in [0.15, 0.2) is 77.8 Å². The highest BCUT2D eigenvalue weighted by Gasteiger charge is 2.21. The van der Waals surface area contributed by atoms with E-state index < -0.39 is 10.0 Å². The van der Waals surface area contributed by atoms with Crippen LogP contribution >= 0.6 is 0 Å². The maximum absolute atomic E-state index is 13.1. The van der Waals surface area contributed by atoms with Crippen LogP contribution in [0.2, 0.25) is 0 Å². The monoisotopic (exact) mass is 465 g/mol. The molecule has 0 saturated carbocycles. The summed E-state index contributed by atoms with van der Waals surface area (Å²) in [4.78, 5) is 15.8. The molecule has 0 aliphatic heterocycles. The molecule has 0 aliphatic carbocycles. The molecule has 8 nitrogen and oxygen atoms in total. The van der Waals surface area contributed by atoms with Gasteiger partial charge in [-0.15, -0.1) is 0 Å². The summed E-state index contributed by atoms with van der Waals surface area (Å²) in [5, 5.41) is 3.53. The van der Waals surface area contributed by atoms with Crippen LogP contribution in [0.1, 0.15) is 17.3 Å². The molecule has 0 atom stereocenters. The number of aromatic nitrogens is 1. The van der Waals surface area contributed by atoms with Crippen molar-refractivity contribution in [1.82, 2.24) is 4.98 Å². The minimum absolute atomic E-state index is 0.101. The highest BCUT2D eigenvalue weighted by atomic mass is 32.2. The van der Waals surface area contributed by atoms with Crippen LogP contribution in [0, 0.1) is 0 Å². The van der Waals surface area contributed by atoms with Crippen molar-refractivity contribution in [3.63, 3.8) is 0 Å². The zero-order valence-corrected chi connectivity index (χ0v) is 18.9. The number of carbonyl (C=O) groups is 1. The normalized spacial score (nSPS) is 11.2. The number of sulfonamides is 1. The van der Waals surface area contributed by atoms with Gasteiger partial charge >= 0.3 is 0 Å². The molecular weight excluding hydrogens is 442 g/mol. The summed E-state index contributed by atoms with van der Waals surface area (Å²) in [5.41, 5.74) is 1.98. The molecule has 1 heterocycles. The molecule has 33 heavy (non-hydrogen) atoms. The van der Waals surface area contributed by atoms with Crippen LogP contribution in [-0.2, 0) is 10.0 Å². The molecule has 3 N–H and O–H groups in total. The Balaban J connectivity index is 1.60. The van der Waals surface area contributed by atoms with E-state index in [4.69, 9.17) is 9.47 Å². The first kappa shape index (κ1) is 22.2. The Morgan fingerprint density at radius 1 is 1.00 bits per heavy atom. The van der Waals surface area contributed by atoms with E-state index in [1.807, 2.05) is 31.2 Å². The van der Waals surface area contributed by atoms with Gasteiger partial charge < -0.3 is 19.8 Å². The number of para-hydroxylation sites is 1. The Morgan fingerprint density at radius 2 is 1.73 bits per heavy atom. The first-order valence-corrected chi connectivity index (χ1v) is 11.7. The highest BCUT2D eigenvalue weighted by molar-refractivity contribution is 7.92. The summed E-state index contributed by atoms with van der Waals surface area (Å²) >= 11 is 0. The van der Waals surface area contributed by atoms with Crippen LogP contribution in [0.5, 0.6) is 11.5 Å². The quantitative estimate of drug-likeness (QED) is 0.352. The van der Waals surface area contributed by atoms with Gasteiger partial charge in [0, 0.05) is 28.5 Å². The van der Waals surface area contributed by atoms with Gasteiger partial charge in [0.15, 0.2) is 0 Å². The molecule has 170 valence electrons. The smallest absolute Gasteiger partial charge is 0.265 e. The lowest BCUT2D eigenvalue weighted by Gasteiger charge is -2.14. The van der Waals surface area contributed by atoms with Crippen molar-refractivity contribution in [3.05, 3.63) is 78.5 Å². The molecule has 0 bridgehead atoms. The molecule has 0 aliphatic rings. The number of anilines is 2. The molecule has 0 spiro atoms. The largest absolute Gasteiger partial charge is 0.495 e. The second kappa shape index (κ2) is 9.25. The van der Waals surface area contributed by atoms with E-state index in [0.29, 0.717) is 29.3 Å². The van der Waals surface area contributed by atoms with Gasteiger partial charge in [0.1, 0.15) is 16.4 Å². The number of methoxy groups -OCH3 is 1. The minimum atomic E-state index is -4.00. The van der Waals surface area contributed by atoms with Crippen LogP contribution in [0.4, 0.5) is 11.4 Å². The number of hydrogen-bond donors (Lipinski definition) is 3. The van der Waals surface area contributed by atoms with Gasteiger partial charge in [-0.25, -0.2) is 8.42 Å². The number of nitrogens with one attached hydrogen (secondary N) is 3. The number of amides is 1. The molecule has 4 rings (SSSR count). The van der Waals surface area contributed by atoms with Crippen LogP contribution in [-0.4, -0.2) is 33.0 Å². The fourth-order valence-corrected chi connectivity index (χ4v) is 4.67. The number of hydrogen-bond acceptors (Lipinski definition) is 5. The van der Waals surface area contributed by atoms with Crippen molar-refractivity contribution in [2.75, 3.05) is 23.8 Å². The second-order valence-corrected chi connectivity index (χ2v) is 8.78. The van der Waals surface area contributed by atoms with E-state index in [1.54, 1.807) is 36.5 Å². The van der Waals surface area contributed by atoms with E-state index in [-0.39, 0.29) is 16.6 Å². The summed E-state index contributed by atoms with van der Waals surface area (Å²) in [6.07, 6.45) is 1.62. The zero-order chi connectivity index (χ0) is 23.4.